The molecule has 5 atom stereocenters. The van der Waals surface area contributed by atoms with Gasteiger partial charge in [-0.2, -0.15) is 0 Å². The summed E-state index contributed by atoms with van der Waals surface area (Å²) in [4.78, 5) is 11.8. The number of phenolic OH excluding ortho intramolecular Hbond substituents is 1. The molecule has 0 spiro atoms. The van der Waals surface area contributed by atoms with Crippen LogP contribution in [0.25, 0.3) is 6.08 Å². The fourth-order valence-corrected chi connectivity index (χ4v) is 2.28. The first kappa shape index (κ1) is 19.2. The predicted octanol–water partition coefficient (Wildman–Crippen LogP) is -1.24. The highest BCUT2D eigenvalue weighted by Gasteiger charge is 2.45. The smallest absolute Gasteiger partial charge is 0.333 e. The molecule has 0 bridgehead atoms. The van der Waals surface area contributed by atoms with E-state index in [1.807, 2.05) is 0 Å². The fraction of sp³-hybridized carbons (Fsp3) is 0.438. The molecule has 0 aromatic heterocycles. The molecule has 1 aliphatic rings. The molecule has 1 heterocycles. The van der Waals surface area contributed by atoms with Gasteiger partial charge in [0, 0.05) is 6.08 Å². The molecule has 0 aliphatic carbocycles. The van der Waals surface area contributed by atoms with Crippen LogP contribution >= 0.6 is 0 Å². The number of hydrogen-bond acceptors (Lipinski definition) is 9. The topological polar surface area (TPSA) is 146 Å². The van der Waals surface area contributed by atoms with Gasteiger partial charge in [-0.15, -0.1) is 0 Å². The van der Waals surface area contributed by atoms with Gasteiger partial charge < -0.3 is 39.7 Å². The molecule has 1 saturated heterocycles. The molecule has 1 aromatic carbocycles. The highest BCUT2D eigenvalue weighted by molar-refractivity contribution is 5.87. The Balaban J connectivity index is 2.01. The summed E-state index contributed by atoms with van der Waals surface area (Å²) < 4.78 is 14.9. The third kappa shape index (κ3) is 4.47. The Morgan fingerprint density at radius 1 is 1.24 bits per heavy atom. The normalized spacial score (nSPS) is 29.6. The van der Waals surface area contributed by atoms with Crippen molar-refractivity contribution in [2.45, 2.75) is 30.7 Å². The molecular weight excluding hydrogens is 336 g/mol. The highest BCUT2D eigenvalue weighted by Crippen LogP contribution is 2.27. The third-order valence-electron chi connectivity index (χ3n) is 3.70. The zero-order valence-electron chi connectivity index (χ0n) is 13.3. The van der Waals surface area contributed by atoms with Crippen LogP contribution in [0.3, 0.4) is 0 Å². The van der Waals surface area contributed by atoms with Crippen LogP contribution < -0.4 is 4.74 Å². The zero-order chi connectivity index (χ0) is 18.6. The number of aliphatic hydroxyl groups excluding tert-OH is 4. The number of esters is 1. The third-order valence-corrected chi connectivity index (χ3v) is 3.70. The van der Waals surface area contributed by atoms with Gasteiger partial charge in [0.05, 0.1) is 13.7 Å². The van der Waals surface area contributed by atoms with Crippen molar-refractivity contribution in [1.82, 2.24) is 0 Å². The van der Waals surface area contributed by atoms with Gasteiger partial charge in [-0.25, -0.2) is 4.79 Å². The van der Waals surface area contributed by atoms with Gasteiger partial charge in [-0.3, -0.25) is 0 Å². The number of benzene rings is 1. The largest absolute Gasteiger partial charge is 0.504 e. The van der Waals surface area contributed by atoms with E-state index in [1.165, 1.54) is 31.4 Å². The Hall–Kier alpha value is -2.17. The molecule has 0 unspecified atom stereocenters. The quantitative estimate of drug-likeness (QED) is 0.323. The van der Waals surface area contributed by atoms with Crippen molar-refractivity contribution in [3.63, 3.8) is 0 Å². The molecule has 1 aromatic rings. The molecule has 2 rings (SSSR count). The lowest BCUT2D eigenvalue weighted by Gasteiger charge is -2.38. The van der Waals surface area contributed by atoms with Gasteiger partial charge in [0.2, 0.25) is 6.29 Å². The summed E-state index contributed by atoms with van der Waals surface area (Å²) in [6, 6.07) is 4.42. The number of methoxy groups -OCH3 is 1. The van der Waals surface area contributed by atoms with Crippen molar-refractivity contribution in [3.8, 4) is 11.5 Å². The lowest BCUT2D eigenvalue weighted by atomic mass is 9.99. The average molecular weight is 356 g/mol. The number of carbonyl (C=O) groups is 1. The van der Waals surface area contributed by atoms with Crippen molar-refractivity contribution >= 4 is 12.0 Å². The lowest BCUT2D eigenvalue weighted by Crippen LogP contribution is -2.59. The average Bonchev–Trinajstić information content (AvgIpc) is 2.61. The minimum Gasteiger partial charge on any atom is -0.504 e. The van der Waals surface area contributed by atoms with E-state index in [9.17, 15) is 25.2 Å². The number of rotatable bonds is 5. The van der Waals surface area contributed by atoms with E-state index in [2.05, 4.69) is 0 Å². The summed E-state index contributed by atoms with van der Waals surface area (Å²) in [6.07, 6.45) is -5.10. The van der Waals surface area contributed by atoms with E-state index in [1.54, 1.807) is 0 Å². The Labute approximate surface area is 143 Å². The Morgan fingerprint density at radius 3 is 2.60 bits per heavy atom. The predicted molar refractivity (Wildman–Crippen MR) is 83.6 cm³/mol. The van der Waals surface area contributed by atoms with Crippen LogP contribution in [-0.2, 0) is 14.3 Å². The number of phenols is 1. The van der Waals surface area contributed by atoms with E-state index in [-0.39, 0.29) is 11.5 Å². The van der Waals surface area contributed by atoms with Crippen molar-refractivity contribution < 1.29 is 44.5 Å². The van der Waals surface area contributed by atoms with Crippen LogP contribution in [0.15, 0.2) is 24.3 Å². The summed E-state index contributed by atoms with van der Waals surface area (Å²) in [5.41, 5.74) is 0.542. The van der Waals surface area contributed by atoms with Crippen molar-refractivity contribution in [2.24, 2.45) is 0 Å². The van der Waals surface area contributed by atoms with Crippen LogP contribution in [0.2, 0.25) is 0 Å². The Bertz CT molecular complexity index is 628. The summed E-state index contributed by atoms with van der Waals surface area (Å²) in [7, 11) is 1.38. The second kappa shape index (κ2) is 8.28. The summed E-state index contributed by atoms with van der Waals surface area (Å²) >= 11 is 0. The summed E-state index contributed by atoms with van der Waals surface area (Å²) in [5.74, 6) is -0.704. The maximum Gasteiger partial charge on any atom is 0.333 e. The SMILES string of the molecule is COc1cc(C=CC(=O)O[C@H]2O[C@H](CO)[C@@H](O)[C@H](O)[C@H]2O)ccc1O. The van der Waals surface area contributed by atoms with E-state index in [4.69, 9.17) is 19.3 Å². The molecular formula is C16H20O9. The minimum absolute atomic E-state index is 0.0523. The highest BCUT2D eigenvalue weighted by atomic mass is 16.7. The van der Waals surface area contributed by atoms with Crippen LogP contribution in [0.1, 0.15) is 5.56 Å². The van der Waals surface area contributed by atoms with Gasteiger partial charge in [0.25, 0.3) is 0 Å². The second-order valence-electron chi connectivity index (χ2n) is 5.40. The van der Waals surface area contributed by atoms with Gasteiger partial charge in [-0.05, 0) is 23.8 Å². The Kier molecular flexibility index (Phi) is 6.34. The van der Waals surface area contributed by atoms with E-state index in [0.717, 1.165) is 6.08 Å². The molecule has 9 heteroatoms. The molecule has 5 N–H and O–H groups in total. The second-order valence-corrected chi connectivity index (χ2v) is 5.40. The molecule has 0 saturated carbocycles. The zero-order valence-corrected chi connectivity index (χ0v) is 13.3. The van der Waals surface area contributed by atoms with E-state index >= 15 is 0 Å². The van der Waals surface area contributed by atoms with Crippen molar-refractivity contribution in [3.05, 3.63) is 29.8 Å². The number of hydrogen-bond donors (Lipinski definition) is 5. The monoisotopic (exact) mass is 356 g/mol. The van der Waals surface area contributed by atoms with Gasteiger partial charge in [0.15, 0.2) is 11.5 Å². The van der Waals surface area contributed by atoms with Crippen LogP contribution in [-0.4, -0.2) is 75.9 Å². The summed E-state index contributed by atoms with van der Waals surface area (Å²) in [6.45, 7) is -0.623. The molecule has 1 fully saturated rings. The van der Waals surface area contributed by atoms with Gasteiger partial charge >= 0.3 is 5.97 Å². The van der Waals surface area contributed by atoms with Crippen LogP contribution in [0, 0.1) is 0 Å². The summed E-state index contributed by atoms with van der Waals surface area (Å²) in [5, 5.41) is 47.7. The van der Waals surface area contributed by atoms with Crippen LogP contribution in [0.4, 0.5) is 0 Å². The maximum absolute atomic E-state index is 11.8. The first-order valence-electron chi connectivity index (χ1n) is 7.43. The lowest BCUT2D eigenvalue weighted by molar-refractivity contribution is -0.291. The molecule has 0 amide bonds. The van der Waals surface area contributed by atoms with E-state index < -0.39 is 43.3 Å². The van der Waals surface area contributed by atoms with Crippen molar-refractivity contribution in [1.29, 1.82) is 0 Å². The minimum atomic E-state index is -1.66. The number of aliphatic hydroxyl groups is 4. The standard InChI is InChI=1S/C16H20O9/c1-23-10-6-8(2-4-9(10)18)3-5-12(19)25-16-15(22)14(21)13(20)11(7-17)24-16/h2-6,11,13-18,20-22H,7H2,1H3/t11-,13-,14+,15-,16-/m1/s1. The van der Waals surface area contributed by atoms with Gasteiger partial charge in [-0.1, -0.05) is 6.07 Å². The number of carbonyl (C=O) groups excluding carboxylic acids is 1. The number of ether oxygens (including phenoxy) is 3. The molecule has 0 radical (unpaired) electrons. The molecule has 9 nitrogen and oxygen atoms in total. The maximum atomic E-state index is 11.8. The molecule has 25 heavy (non-hydrogen) atoms. The Morgan fingerprint density at radius 2 is 1.96 bits per heavy atom. The van der Waals surface area contributed by atoms with Crippen LogP contribution in [0.5, 0.6) is 11.5 Å². The number of aromatic hydroxyl groups is 1. The van der Waals surface area contributed by atoms with E-state index in [0.29, 0.717) is 5.56 Å². The molecule has 138 valence electrons. The van der Waals surface area contributed by atoms with Gasteiger partial charge in [0.1, 0.15) is 24.4 Å². The first-order chi connectivity index (χ1) is 11.9. The first-order valence-corrected chi connectivity index (χ1v) is 7.43. The molecule has 1 aliphatic heterocycles. The fourth-order valence-electron chi connectivity index (χ4n) is 2.28. The van der Waals surface area contributed by atoms with Crippen molar-refractivity contribution in [2.75, 3.05) is 13.7 Å².